The van der Waals surface area contributed by atoms with Crippen LogP contribution >= 0.6 is 23.2 Å². The van der Waals surface area contributed by atoms with E-state index in [0.29, 0.717) is 22.9 Å². The third-order valence-electron chi connectivity index (χ3n) is 4.14. The highest BCUT2D eigenvalue weighted by Gasteiger charge is 2.26. The van der Waals surface area contributed by atoms with Crippen LogP contribution in [0.5, 0.6) is 5.75 Å². The quantitative estimate of drug-likeness (QED) is 0.560. The highest BCUT2D eigenvalue weighted by molar-refractivity contribution is 6.35. The number of nitrogens with one attached hydrogen (secondary N) is 3. The first-order chi connectivity index (χ1) is 14.2. The smallest absolute Gasteiger partial charge is 0.271 e. The number of para-hydroxylation sites is 1. The molecule has 7 nitrogen and oxygen atoms in total. The van der Waals surface area contributed by atoms with Gasteiger partial charge in [0.2, 0.25) is 0 Å². The summed E-state index contributed by atoms with van der Waals surface area (Å²) in [6.45, 7) is 5.76. The second-order valence-corrected chi connectivity index (χ2v) is 7.54. The molecule has 3 amide bonds. The molecule has 0 aliphatic heterocycles. The van der Waals surface area contributed by atoms with E-state index in [9.17, 15) is 14.4 Å². The summed E-state index contributed by atoms with van der Waals surface area (Å²) >= 11 is 11.9. The van der Waals surface area contributed by atoms with Crippen LogP contribution in [0.2, 0.25) is 10.0 Å². The van der Waals surface area contributed by atoms with Crippen LogP contribution in [0, 0.1) is 5.92 Å². The fraction of sp³-hybridized carbons (Fsp3) is 0.286. The molecule has 0 bridgehead atoms. The standard InChI is InChI=1S/C21H23Cl2N3O4/c1-4-30-17-8-6-5-7-14(17)19(27)24-18(12(2)3)21(29)26-25-20(28)15-11-13(22)9-10-16(15)23/h5-12,18H,4H2,1-3H3,(H,24,27)(H,25,28)(H,26,29). The highest BCUT2D eigenvalue weighted by Crippen LogP contribution is 2.20. The molecule has 1 atom stereocenters. The molecule has 2 aromatic rings. The lowest BCUT2D eigenvalue weighted by molar-refractivity contribution is -0.124. The Morgan fingerprint density at radius 3 is 2.33 bits per heavy atom. The number of carbonyl (C=O) groups excluding carboxylic acids is 3. The Hall–Kier alpha value is -2.77. The molecule has 0 spiro atoms. The topological polar surface area (TPSA) is 96.5 Å². The zero-order chi connectivity index (χ0) is 22.3. The average Bonchev–Trinajstić information content (AvgIpc) is 2.72. The molecular weight excluding hydrogens is 429 g/mol. The minimum Gasteiger partial charge on any atom is -0.493 e. The predicted molar refractivity (Wildman–Crippen MR) is 116 cm³/mol. The molecule has 0 fully saturated rings. The number of benzene rings is 2. The molecule has 0 aliphatic rings. The zero-order valence-corrected chi connectivity index (χ0v) is 18.3. The van der Waals surface area contributed by atoms with E-state index < -0.39 is 23.8 Å². The van der Waals surface area contributed by atoms with E-state index in [4.69, 9.17) is 27.9 Å². The Balaban J connectivity index is 2.07. The second-order valence-electron chi connectivity index (χ2n) is 6.69. The molecule has 0 heterocycles. The minimum absolute atomic E-state index is 0.111. The summed E-state index contributed by atoms with van der Waals surface area (Å²) in [5.41, 5.74) is 5.03. The molecule has 0 aliphatic carbocycles. The maximum absolute atomic E-state index is 12.7. The second kappa shape index (κ2) is 10.8. The van der Waals surface area contributed by atoms with E-state index in [1.807, 2.05) is 6.92 Å². The molecular formula is C21H23Cl2N3O4. The fourth-order valence-electron chi connectivity index (χ4n) is 2.62. The van der Waals surface area contributed by atoms with Gasteiger partial charge in [0.25, 0.3) is 17.7 Å². The molecule has 0 saturated carbocycles. The van der Waals surface area contributed by atoms with Crippen molar-refractivity contribution in [1.82, 2.24) is 16.2 Å². The van der Waals surface area contributed by atoms with Crippen molar-refractivity contribution in [2.45, 2.75) is 26.8 Å². The van der Waals surface area contributed by atoms with Gasteiger partial charge in [0.05, 0.1) is 22.8 Å². The van der Waals surface area contributed by atoms with E-state index in [1.165, 1.54) is 12.1 Å². The molecule has 0 aromatic heterocycles. The first-order valence-corrected chi connectivity index (χ1v) is 10.1. The number of halogens is 2. The van der Waals surface area contributed by atoms with E-state index in [-0.39, 0.29) is 16.5 Å². The van der Waals surface area contributed by atoms with Gasteiger partial charge in [-0.25, -0.2) is 0 Å². The van der Waals surface area contributed by atoms with Gasteiger partial charge in [-0.1, -0.05) is 49.2 Å². The van der Waals surface area contributed by atoms with E-state index in [0.717, 1.165) is 0 Å². The minimum atomic E-state index is -0.901. The monoisotopic (exact) mass is 451 g/mol. The van der Waals surface area contributed by atoms with Crippen LogP contribution in [0.4, 0.5) is 0 Å². The van der Waals surface area contributed by atoms with Crippen molar-refractivity contribution in [3.8, 4) is 5.75 Å². The van der Waals surface area contributed by atoms with Crippen molar-refractivity contribution in [2.75, 3.05) is 6.61 Å². The van der Waals surface area contributed by atoms with Gasteiger partial charge in [-0.2, -0.15) is 0 Å². The number of amides is 3. The lowest BCUT2D eigenvalue weighted by Crippen LogP contribution is -2.54. The molecule has 3 N–H and O–H groups in total. The summed E-state index contributed by atoms with van der Waals surface area (Å²) in [7, 11) is 0. The van der Waals surface area contributed by atoms with Gasteiger partial charge >= 0.3 is 0 Å². The Labute approximate surface area is 185 Å². The number of rotatable bonds is 7. The Kier molecular flexibility index (Phi) is 8.50. The SMILES string of the molecule is CCOc1ccccc1C(=O)NC(C(=O)NNC(=O)c1cc(Cl)ccc1Cl)C(C)C. The molecule has 9 heteroatoms. The number of hydrazine groups is 1. The van der Waals surface area contributed by atoms with Gasteiger partial charge in [0, 0.05) is 5.02 Å². The number of hydrogen-bond acceptors (Lipinski definition) is 4. The Morgan fingerprint density at radius 2 is 1.67 bits per heavy atom. The fourth-order valence-corrected chi connectivity index (χ4v) is 3.00. The molecule has 2 rings (SSSR count). The predicted octanol–water partition coefficient (Wildman–Crippen LogP) is 3.61. The third-order valence-corrected chi connectivity index (χ3v) is 4.70. The summed E-state index contributed by atoms with van der Waals surface area (Å²) in [6.07, 6.45) is 0. The van der Waals surface area contributed by atoms with Crippen LogP contribution in [0.1, 0.15) is 41.5 Å². The van der Waals surface area contributed by atoms with Crippen molar-refractivity contribution in [3.05, 3.63) is 63.6 Å². The zero-order valence-electron chi connectivity index (χ0n) is 16.8. The van der Waals surface area contributed by atoms with Crippen molar-refractivity contribution in [3.63, 3.8) is 0 Å². The van der Waals surface area contributed by atoms with Crippen LogP contribution in [0.25, 0.3) is 0 Å². The number of hydrogen-bond donors (Lipinski definition) is 3. The average molecular weight is 452 g/mol. The highest BCUT2D eigenvalue weighted by atomic mass is 35.5. The van der Waals surface area contributed by atoms with Crippen molar-refractivity contribution in [1.29, 1.82) is 0 Å². The summed E-state index contributed by atoms with van der Waals surface area (Å²) in [5.74, 6) is -1.51. The van der Waals surface area contributed by atoms with E-state index in [2.05, 4.69) is 16.2 Å². The lowest BCUT2D eigenvalue weighted by Gasteiger charge is -2.22. The van der Waals surface area contributed by atoms with Crippen molar-refractivity contribution < 1.29 is 19.1 Å². The summed E-state index contributed by atoms with van der Waals surface area (Å²) in [6, 6.07) is 10.3. The van der Waals surface area contributed by atoms with Crippen molar-refractivity contribution in [2.24, 2.45) is 5.92 Å². The molecule has 0 radical (unpaired) electrons. The summed E-state index contributed by atoms with van der Waals surface area (Å²) < 4.78 is 5.47. The van der Waals surface area contributed by atoms with Crippen LogP contribution in [0.3, 0.4) is 0 Å². The third kappa shape index (κ3) is 6.11. The Morgan fingerprint density at radius 1 is 0.967 bits per heavy atom. The van der Waals surface area contributed by atoms with Crippen LogP contribution < -0.4 is 20.9 Å². The van der Waals surface area contributed by atoms with Crippen LogP contribution in [0.15, 0.2) is 42.5 Å². The lowest BCUT2D eigenvalue weighted by atomic mass is 10.0. The molecule has 0 saturated heterocycles. The van der Waals surface area contributed by atoms with Gasteiger partial charge in [0.1, 0.15) is 11.8 Å². The molecule has 1 unspecified atom stereocenters. The number of carbonyl (C=O) groups is 3. The maximum Gasteiger partial charge on any atom is 0.271 e. The summed E-state index contributed by atoms with van der Waals surface area (Å²) in [4.78, 5) is 37.6. The summed E-state index contributed by atoms with van der Waals surface area (Å²) in [5, 5.41) is 3.20. The largest absolute Gasteiger partial charge is 0.493 e. The first kappa shape index (κ1) is 23.5. The van der Waals surface area contributed by atoms with Gasteiger partial charge in [-0.05, 0) is 43.2 Å². The normalized spacial score (nSPS) is 11.5. The number of ether oxygens (including phenoxy) is 1. The van der Waals surface area contributed by atoms with Gasteiger partial charge in [0.15, 0.2) is 0 Å². The maximum atomic E-state index is 12.7. The molecule has 2 aromatic carbocycles. The van der Waals surface area contributed by atoms with Crippen LogP contribution in [-0.2, 0) is 4.79 Å². The molecule has 30 heavy (non-hydrogen) atoms. The van der Waals surface area contributed by atoms with E-state index >= 15 is 0 Å². The van der Waals surface area contributed by atoms with Crippen LogP contribution in [-0.4, -0.2) is 30.4 Å². The Bertz CT molecular complexity index is 934. The first-order valence-electron chi connectivity index (χ1n) is 9.32. The van der Waals surface area contributed by atoms with Gasteiger partial charge in [-0.15, -0.1) is 0 Å². The van der Waals surface area contributed by atoms with Gasteiger partial charge < -0.3 is 10.1 Å². The molecule has 160 valence electrons. The van der Waals surface area contributed by atoms with Crippen molar-refractivity contribution >= 4 is 40.9 Å². The van der Waals surface area contributed by atoms with E-state index in [1.54, 1.807) is 44.2 Å². The van der Waals surface area contributed by atoms with Gasteiger partial charge in [-0.3, -0.25) is 25.2 Å².